The van der Waals surface area contributed by atoms with Crippen LogP contribution < -0.4 is 20.1 Å². The third-order valence-electron chi connectivity index (χ3n) is 13.4. The number of carbonyl (C=O) groups excluding carboxylic acids is 2. The second-order valence-corrected chi connectivity index (χ2v) is 20.2. The number of nitrogens with zero attached hydrogens (tertiary/aromatic N) is 2. The Hall–Kier alpha value is -4.28. The number of hydrogen-bond acceptors (Lipinski definition) is 11. The van der Waals surface area contributed by atoms with E-state index in [0.717, 1.165) is 56.1 Å². The summed E-state index contributed by atoms with van der Waals surface area (Å²) in [5, 5.41) is 30.1. The van der Waals surface area contributed by atoms with Crippen LogP contribution in [0.4, 0.5) is 10.5 Å². The van der Waals surface area contributed by atoms with Gasteiger partial charge in [0, 0.05) is 56.8 Å². The first-order valence-corrected chi connectivity index (χ1v) is 26.4. The van der Waals surface area contributed by atoms with Crippen LogP contribution >= 0.6 is 0 Å². The molecule has 1 heterocycles. The molecule has 2 aliphatic carbocycles. The molecule has 2 amide bonds. The van der Waals surface area contributed by atoms with E-state index in [1.54, 1.807) is 30.3 Å². The van der Waals surface area contributed by atoms with Gasteiger partial charge in [0.15, 0.2) is 0 Å². The number of oxime groups is 1. The molecule has 1 fully saturated rings. The molecule has 372 valence electrons. The Morgan fingerprint density at radius 2 is 1.58 bits per heavy atom. The lowest BCUT2D eigenvalue weighted by atomic mass is 9.55. The minimum atomic E-state index is -4.25. The third kappa shape index (κ3) is 13.9. The first kappa shape index (κ1) is 53.7. The van der Waals surface area contributed by atoms with Gasteiger partial charge in [-0.25, -0.2) is 13.2 Å². The zero-order valence-corrected chi connectivity index (χ0v) is 41.3. The topological polar surface area (TPSA) is 185 Å². The van der Waals surface area contributed by atoms with Crippen molar-refractivity contribution in [2.75, 3.05) is 45.3 Å². The second-order valence-electron chi connectivity index (χ2n) is 18.3. The number of ether oxygens (including phenoxy) is 3. The molecule has 2 aromatic carbocycles. The molecule has 67 heavy (non-hydrogen) atoms. The summed E-state index contributed by atoms with van der Waals surface area (Å²) < 4.78 is 51.9. The fourth-order valence-corrected chi connectivity index (χ4v) is 12.2. The van der Waals surface area contributed by atoms with Crippen LogP contribution in [0.25, 0.3) is 0 Å². The van der Waals surface area contributed by atoms with Crippen molar-refractivity contribution in [1.29, 1.82) is 0 Å². The SMILES string of the molecule is C=CCO[C@@]12Oc3ccc(OC(=O)NCCCCCCCCCCCC)cc3[C@H]3[C@H](CCCCO)[C@@H](CCCCO)C=C(C(=NOC)C[C@@H]1N(CCC)S(=O)(=O)c1ccc(NC(C)=O)cc1)[C@H]32. The number of aliphatic hydroxyl groups is 2. The Balaban J connectivity index is 1.57. The van der Waals surface area contributed by atoms with Crippen LogP contribution in [0.15, 0.2) is 76.8 Å². The van der Waals surface area contributed by atoms with Gasteiger partial charge in [-0.1, -0.05) is 102 Å². The molecule has 15 heteroatoms. The number of benzene rings is 2. The summed E-state index contributed by atoms with van der Waals surface area (Å²) in [6, 6.07) is 10.5. The molecule has 0 radical (unpaired) electrons. The number of carbonyl (C=O) groups is 2. The maximum Gasteiger partial charge on any atom is 0.412 e. The van der Waals surface area contributed by atoms with Crippen molar-refractivity contribution >= 4 is 33.4 Å². The van der Waals surface area contributed by atoms with E-state index >= 15 is 8.42 Å². The molecular formula is C52H78N4O10S. The number of sulfonamides is 1. The molecule has 14 nitrogen and oxygen atoms in total. The van der Waals surface area contributed by atoms with E-state index in [-0.39, 0.29) is 61.3 Å². The average Bonchev–Trinajstić information content (AvgIpc) is 3.31. The third-order valence-corrected chi connectivity index (χ3v) is 15.4. The summed E-state index contributed by atoms with van der Waals surface area (Å²) in [4.78, 5) is 30.7. The van der Waals surface area contributed by atoms with E-state index in [9.17, 15) is 19.8 Å². The number of rotatable bonds is 30. The minimum Gasteiger partial charge on any atom is -0.460 e. The van der Waals surface area contributed by atoms with Gasteiger partial charge in [-0.2, -0.15) is 4.31 Å². The van der Waals surface area contributed by atoms with Crippen LogP contribution in [0.3, 0.4) is 0 Å². The molecule has 6 atom stereocenters. The number of fused-ring (bicyclic) bond motifs is 2. The predicted octanol–water partition coefficient (Wildman–Crippen LogP) is 10.0. The maximum absolute atomic E-state index is 15.1. The van der Waals surface area contributed by atoms with E-state index in [2.05, 4.69) is 35.4 Å². The monoisotopic (exact) mass is 951 g/mol. The lowest BCUT2D eigenvalue weighted by molar-refractivity contribution is -0.251. The molecule has 0 bridgehead atoms. The highest BCUT2D eigenvalue weighted by Gasteiger charge is 2.66. The first-order chi connectivity index (χ1) is 32.5. The van der Waals surface area contributed by atoms with Gasteiger partial charge in [-0.3, -0.25) is 4.79 Å². The highest BCUT2D eigenvalue weighted by atomic mass is 32.2. The number of unbranched alkanes of at least 4 members (excludes halogenated alkanes) is 11. The van der Waals surface area contributed by atoms with Gasteiger partial charge in [-0.15, -0.1) is 6.58 Å². The largest absolute Gasteiger partial charge is 0.460 e. The van der Waals surface area contributed by atoms with Gasteiger partial charge in [0.25, 0.3) is 0 Å². The average molecular weight is 951 g/mol. The molecule has 5 rings (SSSR count). The van der Waals surface area contributed by atoms with Crippen LogP contribution in [0, 0.1) is 17.8 Å². The van der Waals surface area contributed by atoms with Crippen molar-refractivity contribution in [3.63, 3.8) is 0 Å². The summed E-state index contributed by atoms with van der Waals surface area (Å²) in [5.41, 5.74) is 2.67. The van der Waals surface area contributed by atoms with Crippen molar-refractivity contribution in [3.05, 3.63) is 72.3 Å². The Morgan fingerprint density at radius 1 is 0.910 bits per heavy atom. The van der Waals surface area contributed by atoms with Crippen LogP contribution in [0.1, 0.15) is 148 Å². The maximum atomic E-state index is 15.1. The Bertz CT molecular complexity index is 2060. The molecule has 0 unspecified atom stereocenters. The Labute approximate surface area is 400 Å². The lowest BCUT2D eigenvalue weighted by Crippen LogP contribution is -2.70. The normalized spacial score (nSPS) is 22.6. The van der Waals surface area contributed by atoms with Crippen molar-refractivity contribution in [1.82, 2.24) is 9.62 Å². The smallest absolute Gasteiger partial charge is 0.412 e. The summed E-state index contributed by atoms with van der Waals surface area (Å²) in [6.45, 7) is 10.3. The van der Waals surface area contributed by atoms with Crippen LogP contribution in [-0.4, -0.2) is 92.5 Å². The molecule has 0 spiro atoms. The molecule has 4 N–H and O–H groups in total. The lowest BCUT2D eigenvalue weighted by Gasteiger charge is -2.59. The summed E-state index contributed by atoms with van der Waals surface area (Å²) in [5.74, 6) is -2.11. The second kappa shape index (κ2) is 27.0. The number of allylic oxidation sites excluding steroid dienone is 1. The molecule has 1 aliphatic heterocycles. The molecule has 2 aromatic rings. The van der Waals surface area contributed by atoms with Crippen molar-refractivity contribution in [2.24, 2.45) is 22.9 Å². The fourth-order valence-electron chi connectivity index (χ4n) is 10.5. The molecule has 3 aliphatic rings. The van der Waals surface area contributed by atoms with E-state index in [1.165, 1.54) is 75.4 Å². The number of hydrogen-bond donors (Lipinski definition) is 4. The minimum absolute atomic E-state index is 0.00492. The fraction of sp³-hybridized carbons (Fsp3) is 0.635. The highest BCUT2D eigenvalue weighted by molar-refractivity contribution is 7.89. The zero-order chi connectivity index (χ0) is 48.2. The van der Waals surface area contributed by atoms with E-state index in [4.69, 9.17) is 19.0 Å². The zero-order valence-electron chi connectivity index (χ0n) is 40.5. The molecular weight excluding hydrogens is 873 g/mol. The first-order valence-electron chi connectivity index (χ1n) is 25.0. The van der Waals surface area contributed by atoms with Crippen LogP contribution in [0.2, 0.25) is 0 Å². The van der Waals surface area contributed by atoms with Gasteiger partial charge in [-0.05, 0) is 98.4 Å². The van der Waals surface area contributed by atoms with Crippen molar-refractivity contribution in [2.45, 2.75) is 159 Å². The van der Waals surface area contributed by atoms with Crippen molar-refractivity contribution in [3.8, 4) is 11.5 Å². The standard InChI is InChI=1S/C52H78N4O10S/c1-6-9-10-11-12-13-14-15-16-19-30-53-51(60)65-41-26-29-47-45(36-41)49-43(23-18-21-33-58)39(22-17-20-32-57)35-44-46(55-63-5)37-48(52(66-47,50(44)49)64-34-8-3)56(31-7-2)67(61,62)42-27-24-40(25-28-42)54-38(4)59/h8,24-29,35-36,39,43,48-50,57-58H,3,6-7,9-23,30-34,37H2,1-2,4-5H3,(H,53,60)(H,54,59)/t39-,43+,48-,49+,50+,52+/m0/s1. The van der Waals surface area contributed by atoms with Crippen LogP contribution in [-0.2, 0) is 24.4 Å². The molecule has 0 saturated heterocycles. The van der Waals surface area contributed by atoms with Gasteiger partial charge < -0.3 is 39.9 Å². The number of amides is 2. The van der Waals surface area contributed by atoms with Crippen LogP contribution in [0.5, 0.6) is 11.5 Å². The quantitative estimate of drug-likeness (QED) is 0.0334. The van der Waals surface area contributed by atoms with Crippen molar-refractivity contribution < 1.29 is 47.3 Å². The molecule has 1 saturated carbocycles. The van der Waals surface area contributed by atoms with Gasteiger partial charge in [0.1, 0.15) is 18.6 Å². The number of nitrogens with one attached hydrogen (secondary N) is 2. The highest BCUT2D eigenvalue weighted by Crippen LogP contribution is 2.62. The predicted molar refractivity (Wildman–Crippen MR) is 263 cm³/mol. The van der Waals surface area contributed by atoms with E-state index in [0.29, 0.717) is 48.7 Å². The number of anilines is 1. The summed E-state index contributed by atoms with van der Waals surface area (Å²) >= 11 is 0. The Kier molecular flexibility index (Phi) is 21.7. The van der Waals surface area contributed by atoms with E-state index < -0.39 is 33.9 Å². The van der Waals surface area contributed by atoms with Gasteiger partial charge in [0.2, 0.25) is 21.7 Å². The Morgan fingerprint density at radius 3 is 2.21 bits per heavy atom. The summed E-state index contributed by atoms with van der Waals surface area (Å²) in [7, 11) is -2.78. The van der Waals surface area contributed by atoms with E-state index in [1.807, 2.05) is 13.0 Å². The van der Waals surface area contributed by atoms with Gasteiger partial charge in [0.05, 0.1) is 29.2 Å². The molecule has 0 aromatic heterocycles. The number of aliphatic hydroxyl groups excluding tert-OH is 2. The summed E-state index contributed by atoms with van der Waals surface area (Å²) in [6.07, 6.45) is 20.1. The van der Waals surface area contributed by atoms with Gasteiger partial charge >= 0.3 is 6.09 Å².